The fourth-order valence-electron chi connectivity index (χ4n) is 2.48. The van der Waals surface area contributed by atoms with Gasteiger partial charge in [0.2, 0.25) is 0 Å². The van der Waals surface area contributed by atoms with Crippen LogP contribution in [0, 0.1) is 0 Å². The first-order valence-corrected chi connectivity index (χ1v) is 7.27. The van der Waals surface area contributed by atoms with Crippen LogP contribution in [0.5, 0.6) is 0 Å². The number of morpholine rings is 1. The van der Waals surface area contributed by atoms with Gasteiger partial charge in [-0.25, -0.2) is 4.98 Å². The van der Waals surface area contributed by atoms with E-state index in [2.05, 4.69) is 28.7 Å². The summed E-state index contributed by atoms with van der Waals surface area (Å²) in [5.74, 6) is 0.869. The van der Waals surface area contributed by atoms with E-state index in [0.717, 1.165) is 19.5 Å². The summed E-state index contributed by atoms with van der Waals surface area (Å²) < 4.78 is 5.72. The molecule has 0 spiro atoms. The van der Waals surface area contributed by atoms with Gasteiger partial charge < -0.3 is 15.5 Å². The summed E-state index contributed by atoms with van der Waals surface area (Å²) in [6, 6.07) is 0.449. The molecular weight excluding hydrogens is 256 g/mol. The number of hydrogen-bond donors (Lipinski definition) is 2. The molecule has 1 aliphatic rings. The molecule has 6 nitrogen and oxygen atoms in total. The minimum atomic E-state index is -0.211. The lowest BCUT2D eigenvalue weighted by Crippen LogP contribution is -2.43. The Balaban J connectivity index is 2.23. The van der Waals surface area contributed by atoms with Crippen LogP contribution < -0.4 is 11.3 Å². The number of aromatic amines is 1. The molecule has 0 saturated carbocycles. The molecule has 3 N–H and O–H groups in total. The van der Waals surface area contributed by atoms with Crippen molar-refractivity contribution < 1.29 is 4.74 Å². The Morgan fingerprint density at radius 3 is 2.90 bits per heavy atom. The van der Waals surface area contributed by atoms with Crippen LogP contribution in [0.25, 0.3) is 0 Å². The number of H-pyrrole nitrogens is 1. The third-order valence-corrected chi connectivity index (χ3v) is 3.70. The Morgan fingerprint density at radius 2 is 2.30 bits per heavy atom. The number of nitrogens with zero attached hydrogens (tertiary/aromatic N) is 2. The lowest BCUT2D eigenvalue weighted by atomic mass is 10.1. The Hall–Kier alpha value is -1.40. The summed E-state index contributed by atoms with van der Waals surface area (Å²) >= 11 is 0. The van der Waals surface area contributed by atoms with Crippen LogP contribution in [-0.4, -0.2) is 40.6 Å². The molecule has 1 unspecified atom stereocenters. The largest absolute Gasteiger partial charge is 0.383 e. The summed E-state index contributed by atoms with van der Waals surface area (Å²) in [6.07, 6.45) is 1.31. The monoisotopic (exact) mass is 280 g/mol. The van der Waals surface area contributed by atoms with Crippen molar-refractivity contribution in [3.05, 3.63) is 21.7 Å². The molecule has 0 amide bonds. The van der Waals surface area contributed by atoms with Crippen molar-refractivity contribution in [2.24, 2.45) is 0 Å². The molecule has 2 heterocycles. The standard InChI is InChI=1S/C14H24N4O2/c1-4-5-10-12(15)16-13(17-14(10)19)11-8-18(9(2)3)6-7-20-11/h9,11H,4-8H2,1-3H3,(H3,15,16,17,19). The Labute approximate surface area is 119 Å². The SMILES string of the molecule is CCCc1c(N)nc(C2CN(C(C)C)CCO2)[nH]c1=O. The van der Waals surface area contributed by atoms with Crippen molar-refractivity contribution in [3.8, 4) is 0 Å². The fraction of sp³-hybridized carbons (Fsp3) is 0.714. The summed E-state index contributed by atoms with van der Waals surface area (Å²) in [5, 5.41) is 0. The van der Waals surface area contributed by atoms with Crippen LogP contribution in [0.2, 0.25) is 0 Å². The van der Waals surface area contributed by atoms with E-state index >= 15 is 0 Å². The second-order valence-electron chi connectivity index (χ2n) is 5.51. The van der Waals surface area contributed by atoms with Gasteiger partial charge in [-0.3, -0.25) is 9.69 Å². The van der Waals surface area contributed by atoms with Crippen LogP contribution in [0.1, 0.15) is 44.7 Å². The van der Waals surface area contributed by atoms with E-state index in [9.17, 15) is 4.79 Å². The Kier molecular flexibility index (Phi) is 4.77. The van der Waals surface area contributed by atoms with Crippen molar-refractivity contribution in [3.63, 3.8) is 0 Å². The second-order valence-corrected chi connectivity index (χ2v) is 5.51. The zero-order valence-electron chi connectivity index (χ0n) is 12.5. The van der Waals surface area contributed by atoms with Gasteiger partial charge in [-0.2, -0.15) is 0 Å². The Morgan fingerprint density at radius 1 is 1.55 bits per heavy atom. The molecule has 1 atom stereocenters. The van der Waals surface area contributed by atoms with Crippen LogP contribution in [0.3, 0.4) is 0 Å². The third kappa shape index (κ3) is 3.19. The molecule has 1 aliphatic heterocycles. The number of nitrogens with two attached hydrogens (primary N) is 1. The predicted molar refractivity (Wildman–Crippen MR) is 78.7 cm³/mol. The van der Waals surface area contributed by atoms with E-state index in [-0.39, 0.29) is 11.7 Å². The quantitative estimate of drug-likeness (QED) is 0.862. The first-order chi connectivity index (χ1) is 9.52. The zero-order valence-corrected chi connectivity index (χ0v) is 12.5. The first-order valence-electron chi connectivity index (χ1n) is 7.27. The van der Waals surface area contributed by atoms with Gasteiger partial charge in [0.25, 0.3) is 5.56 Å². The molecule has 6 heteroatoms. The van der Waals surface area contributed by atoms with E-state index in [1.54, 1.807) is 0 Å². The van der Waals surface area contributed by atoms with Crippen molar-refractivity contribution in [2.45, 2.75) is 45.8 Å². The summed E-state index contributed by atoms with van der Waals surface area (Å²) in [4.78, 5) is 21.5. The molecule has 1 fully saturated rings. The molecule has 0 aromatic carbocycles. The van der Waals surface area contributed by atoms with Gasteiger partial charge in [0.05, 0.1) is 12.2 Å². The highest BCUT2D eigenvalue weighted by Crippen LogP contribution is 2.21. The number of anilines is 1. The highest BCUT2D eigenvalue weighted by molar-refractivity contribution is 5.37. The summed E-state index contributed by atoms with van der Waals surface area (Å²) in [7, 11) is 0. The molecule has 0 radical (unpaired) electrons. The highest BCUT2D eigenvalue weighted by Gasteiger charge is 2.26. The Bertz CT molecular complexity index is 512. The van der Waals surface area contributed by atoms with E-state index in [1.807, 2.05) is 6.92 Å². The third-order valence-electron chi connectivity index (χ3n) is 3.70. The molecule has 1 aromatic rings. The maximum absolute atomic E-state index is 12.1. The number of nitrogen functional groups attached to an aromatic ring is 1. The molecule has 0 aliphatic carbocycles. The van der Waals surface area contributed by atoms with Gasteiger partial charge in [0, 0.05) is 19.1 Å². The molecule has 2 rings (SSSR count). The van der Waals surface area contributed by atoms with Crippen LogP contribution in [0.4, 0.5) is 5.82 Å². The molecule has 20 heavy (non-hydrogen) atoms. The summed E-state index contributed by atoms with van der Waals surface area (Å²) in [6.45, 7) is 8.59. The predicted octanol–water partition coefficient (Wildman–Crippen LogP) is 1.09. The lowest BCUT2D eigenvalue weighted by Gasteiger charge is -2.35. The van der Waals surface area contributed by atoms with Crippen molar-refractivity contribution in [2.75, 3.05) is 25.4 Å². The minimum Gasteiger partial charge on any atom is -0.383 e. The van der Waals surface area contributed by atoms with E-state index in [1.165, 1.54) is 0 Å². The highest BCUT2D eigenvalue weighted by atomic mass is 16.5. The molecule has 112 valence electrons. The van der Waals surface area contributed by atoms with Gasteiger partial charge in [0.15, 0.2) is 0 Å². The van der Waals surface area contributed by atoms with Gasteiger partial charge >= 0.3 is 0 Å². The van der Waals surface area contributed by atoms with Crippen LogP contribution in [0.15, 0.2) is 4.79 Å². The van der Waals surface area contributed by atoms with Gasteiger partial charge in [-0.05, 0) is 20.3 Å². The number of ether oxygens (including phenoxy) is 1. The molecule has 0 bridgehead atoms. The normalized spacial score (nSPS) is 20.5. The smallest absolute Gasteiger partial charge is 0.256 e. The van der Waals surface area contributed by atoms with Crippen molar-refractivity contribution in [1.29, 1.82) is 0 Å². The molecular formula is C14H24N4O2. The van der Waals surface area contributed by atoms with E-state index in [4.69, 9.17) is 10.5 Å². The minimum absolute atomic E-state index is 0.139. The van der Waals surface area contributed by atoms with Crippen LogP contribution >= 0.6 is 0 Å². The average molecular weight is 280 g/mol. The fourth-order valence-corrected chi connectivity index (χ4v) is 2.48. The number of hydrogen-bond acceptors (Lipinski definition) is 5. The van der Waals surface area contributed by atoms with Gasteiger partial charge in [-0.15, -0.1) is 0 Å². The topological polar surface area (TPSA) is 84.2 Å². The number of aromatic nitrogens is 2. The second kappa shape index (κ2) is 6.37. The maximum Gasteiger partial charge on any atom is 0.256 e. The van der Waals surface area contributed by atoms with Crippen molar-refractivity contribution >= 4 is 5.82 Å². The number of rotatable bonds is 4. The van der Waals surface area contributed by atoms with Gasteiger partial charge in [0.1, 0.15) is 17.7 Å². The molecule has 1 aromatic heterocycles. The first kappa shape index (κ1) is 15.0. The van der Waals surface area contributed by atoms with Crippen molar-refractivity contribution in [1.82, 2.24) is 14.9 Å². The maximum atomic E-state index is 12.1. The lowest BCUT2D eigenvalue weighted by molar-refractivity contribution is -0.0443. The van der Waals surface area contributed by atoms with Crippen LogP contribution in [-0.2, 0) is 11.2 Å². The number of nitrogens with one attached hydrogen (secondary N) is 1. The van der Waals surface area contributed by atoms with E-state index < -0.39 is 0 Å². The summed E-state index contributed by atoms with van der Waals surface area (Å²) in [5.41, 5.74) is 6.35. The van der Waals surface area contributed by atoms with Gasteiger partial charge in [-0.1, -0.05) is 13.3 Å². The van der Waals surface area contributed by atoms with E-state index in [0.29, 0.717) is 36.3 Å². The average Bonchev–Trinajstić information content (AvgIpc) is 2.42. The zero-order chi connectivity index (χ0) is 14.7. The molecule has 1 saturated heterocycles.